The van der Waals surface area contributed by atoms with Gasteiger partial charge in [0.05, 0.1) is 4.90 Å². The van der Waals surface area contributed by atoms with Crippen LogP contribution in [0.15, 0.2) is 29.2 Å². The molecule has 0 aromatic heterocycles. The molecule has 0 unspecified atom stereocenters. The molecule has 0 aliphatic heterocycles. The van der Waals surface area contributed by atoms with Crippen LogP contribution in [0.4, 0.5) is 0 Å². The third kappa shape index (κ3) is 4.54. The molecule has 0 saturated heterocycles. The second-order valence-corrected chi connectivity index (χ2v) is 8.17. The van der Waals surface area contributed by atoms with Crippen molar-refractivity contribution in [2.45, 2.75) is 51.0 Å². The molecule has 0 aliphatic rings. The zero-order valence-corrected chi connectivity index (χ0v) is 13.9. The molecule has 1 aromatic rings. The van der Waals surface area contributed by atoms with Gasteiger partial charge in [0.2, 0.25) is 10.0 Å². The molecule has 118 valence electrons. The lowest BCUT2D eigenvalue weighted by Crippen LogP contribution is -2.44. The van der Waals surface area contributed by atoms with Crippen molar-refractivity contribution in [1.82, 2.24) is 4.72 Å². The average molecular weight is 313 g/mol. The van der Waals surface area contributed by atoms with Crippen LogP contribution in [-0.4, -0.2) is 25.5 Å². The molecule has 0 heterocycles. The first-order valence-electron chi connectivity index (χ1n) is 6.81. The molecular weight excluding hydrogens is 290 g/mol. The number of benzene rings is 1. The highest BCUT2D eigenvalue weighted by atomic mass is 32.2. The normalized spacial score (nSPS) is 14.2. The number of nitrogens with one attached hydrogen (secondary N) is 1. The van der Waals surface area contributed by atoms with Gasteiger partial charge in [0.15, 0.2) is 0 Å². The van der Waals surface area contributed by atoms with E-state index in [0.717, 1.165) is 5.56 Å². The molecule has 0 aliphatic carbocycles. The first-order valence-corrected chi connectivity index (χ1v) is 8.29. The van der Waals surface area contributed by atoms with Gasteiger partial charge in [0.25, 0.3) is 0 Å². The van der Waals surface area contributed by atoms with Crippen molar-refractivity contribution in [1.29, 1.82) is 0 Å². The number of rotatable bonds is 5. The Labute approximate surface area is 126 Å². The van der Waals surface area contributed by atoms with Gasteiger partial charge in [-0.25, -0.2) is 8.42 Å². The van der Waals surface area contributed by atoms with Crippen molar-refractivity contribution in [3.63, 3.8) is 0 Å². The van der Waals surface area contributed by atoms with Crippen LogP contribution in [0.1, 0.15) is 40.2 Å². The summed E-state index contributed by atoms with van der Waals surface area (Å²) in [4.78, 5) is 11.2. The van der Waals surface area contributed by atoms with Crippen molar-refractivity contribution >= 4 is 16.0 Å². The second-order valence-electron chi connectivity index (χ2n) is 6.46. The van der Waals surface area contributed by atoms with E-state index in [1.807, 2.05) is 20.8 Å². The van der Waals surface area contributed by atoms with Crippen molar-refractivity contribution in [2.24, 2.45) is 5.92 Å². The fourth-order valence-corrected chi connectivity index (χ4v) is 3.18. The topological polar surface area (TPSA) is 83.5 Å². The van der Waals surface area contributed by atoms with Crippen molar-refractivity contribution in [2.75, 3.05) is 0 Å². The molecule has 21 heavy (non-hydrogen) atoms. The summed E-state index contributed by atoms with van der Waals surface area (Å²) in [5.74, 6) is -1.52. The van der Waals surface area contributed by atoms with Crippen LogP contribution >= 0.6 is 0 Å². The fraction of sp³-hybridized carbons (Fsp3) is 0.533. The summed E-state index contributed by atoms with van der Waals surface area (Å²) in [7, 11) is -3.84. The van der Waals surface area contributed by atoms with Gasteiger partial charge < -0.3 is 5.11 Å². The van der Waals surface area contributed by atoms with Gasteiger partial charge in [-0.05, 0) is 29.0 Å². The smallest absolute Gasteiger partial charge is 0.322 e. The number of sulfonamides is 1. The van der Waals surface area contributed by atoms with Crippen molar-refractivity contribution < 1.29 is 18.3 Å². The lowest BCUT2D eigenvalue weighted by atomic mass is 9.87. The maximum Gasteiger partial charge on any atom is 0.322 e. The molecule has 0 radical (unpaired) electrons. The highest BCUT2D eigenvalue weighted by Crippen LogP contribution is 2.23. The molecule has 2 N–H and O–H groups in total. The van der Waals surface area contributed by atoms with Crippen LogP contribution in [0.25, 0.3) is 0 Å². The summed E-state index contributed by atoms with van der Waals surface area (Å²) in [5, 5.41) is 9.08. The monoisotopic (exact) mass is 313 g/mol. The number of carbonyl (C=O) groups is 1. The number of carboxylic acid groups (broad SMARTS) is 1. The van der Waals surface area contributed by atoms with Crippen LogP contribution in [0.2, 0.25) is 0 Å². The minimum absolute atomic E-state index is 0.0717. The molecule has 0 saturated carbocycles. The largest absolute Gasteiger partial charge is 0.480 e. The predicted octanol–water partition coefficient (Wildman–Crippen LogP) is 2.37. The summed E-state index contributed by atoms with van der Waals surface area (Å²) in [6, 6.07) is 5.36. The van der Waals surface area contributed by atoms with E-state index in [0.29, 0.717) is 0 Å². The minimum atomic E-state index is -3.84. The molecule has 1 aromatic carbocycles. The van der Waals surface area contributed by atoms with Crippen LogP contribution in [0.5, 0.6) is 0 Å². The molecule has 6 heteroatoms. The van der Waals surface area contributed by atoms with Crippen molar-refractivity contribution in [3.05, 3.63) is 29.8 Å². The van der Waals surface area contributed by atoms with E-state index in [2.05, 4.69) is 4.72 Å². The number of aliphatic carboxylic acids is 1. The van der Waals surface area contributed by atoms with Gasteiger partial charge in [0.1, 0.15) is 6.04 Å². The third-order valence-electron chi connectivity index (χ3n) is 3.25. The summed E-state index contributed by atoms with van der Waals surface area (Å²) in [5.41, 5.74) is 0.942. The highest BCUT2D eigenvalue weighted by molar-refractivity contribution is 7.89. The van der Waals surface area contributed by atoms with E-state index in [1.54, 1.807) is 26.0 Å². The van der Waals surface area contributed by atoms with Gasteiger partial charge in [-0.15, -0.1) is 0 Å². The van der Waals surface area contributed by atoms with E-state index in [4.69, 9.17) is 5.11 Å². The molecule has 5 nitrogen and oxygen atoms in total. The molecule has 1 atom stereocenters. The number of carboxylic acids is 1. The van der Waals surface area contributed by atoms with Gasteiger partial charge in [0, 0.05) is 0 Å². The Morgan fingerprint density at radius 1 is 1.14 bits per heavy atom. The Bertz CT molecular complexity index is 598. The maximum atomic E-state index is 12.2. The van der Waals surface area contributed by atoms with Crippen LogP contribution in [0.3, 0.4) is 0 Å². The molecule has 0 amide bonds. The quantitative estimate of drug-likeness (QED) is 0.874. The lowest BCUT2D eigenvalue weighted by molar-refractivity contribution is -0.140. The molecule has 0 fully saturated rings. The Morgan fingerprint density at radius 2 is 1.62 bits per heavy atom. The van der Waals surface area contributed by atoms with E-state index >= 15 is 0 Å². The molecule has 1 rings (SSSR count). The Kier molecular flexibility index (Phi) is 5.17. The first kappa shape index (κ1) is 17.7. The standard InChI is InChI=1S/C15H23NO4S/c1-10(2)13(14(17)18)16-21(19,20)12-8-6-11(7-9-12)15(3,4)5/h6-10,13,16H,1-5H3,(H,17,18)/t13-/m0/s1. The maximum absolute atomic E-state index is 12.2. The second kappa shape index (κ2) is 6.15. The van der Waals surface area contributed by atoms with Gasteiger partial charge in [-0.1, -0.05) is 46.8 Å². The van der Waals surface area contributed by atoms with Gasteiger partial charge in [-0.3, -0.25) is 4.79 Å². The van der Waals surface area contributed by atoms with Crippen LogP contribution < -0.4 is 4.72 Å². The van der Waals surface area contributed by atoms with E-state index < -0.39 is 22.0 Å². The Morgan fingerprint density at radius 3 is 1.95 bits per heavy atom. The predicted molar refractivity (Wildman–Crippen MR) is 81.7 cm³/mol. The SMILES string of the molecule is CC(C)[C@H](NS(=O)(=O)c1ccc(C(C)(C)C)cc1)C(=O)O. The van der Waals surface area contributed by atoms with E-state index in [-0.39, 0.29) is 16.2 Å². The van der Waals surface area contributed by atoms with E-state index in [9.17, 15) is 13.2 Å². The minimum Gasteiger partial charge on any atom is -0.480 e. The number of hydrogen-bond donors (Lipinski definition) is 2. The van der Waals surface area contributed by atoms with Crippen LogP contribution in [0, 0.1) is 5.92 Å². The summed E-state index contributed by atoms with van der Waals surface area (Å²) in [6.45, 7) is 9.42. The molecule has 0 bridgehead atoms. The zero-order valence-electron chi connectivity index (χ0n) is 13.0. The third-order valence-corrected chi connectivity index (χ3v) is 4.70. The first-order chi connectivity index (χ1) is 9.45. The highest BCUT2D eigenvalue weighted by Gasteiger charge is 2.28. The average Bonchev–Trinajstić information content (AvgIpc) is 2.34. The molecular formula is C15H23NO4S. The summed E-state index contributed by atoms with van der Waals surface area (Å²) >= 11 is 0. The van der Waals surface area contributed by atoms with Crippen LogP contribution in [-0.2, 0) is 20.2 Å². The Balaban J connectivity index is 3.06. The van der Waals surface area contributed by atoms with Gasteiger partial charge in [-0.2, -0.15) is 4.72 Å². The van der Waals surface area contributed by atoms with Gasteiger partial charge >= 0.3 is 5.97 Å². The Hall–Kier alpha value is -1.40. The molecule has 0 spiro atoms. The summed E-state index contributed by atoms with van der Waals surface area (Å²) in [6.07, 6.45) is 0. The number of hydrogen-bond acceptors (Lipinski definition) is 3. The zero-order chi connectivity index (χ0) is 16.4. The van der Waals surface area contributed by atoms with Crippen molar-refractivity contribution in [3.8, 4) is 0 Å². The fourth-order valence-electron chi connectivity index (χ4n) is 1.84. The van der Waals surface area contributed by atoms with E-state index in [1.165, 1.54) is 12.1 Å². The lowest BCUT2D eigenvalue weighted by Gasteiger charge is -2.20. The summed E-state index contributed by atoms with van der Waals surface area (Å²) < 4.78 is 26.7.